The van der Waals surface area contributed by atoms with Crippen LogP contribution in [0.4, 0.5) is 11.8 Å². The molecule has 1 saturated heterocycles. The molecule has 120 valence electrons. The van der Waals surface area contributed by atoms with Crippen molar-refractivity contribution in [1.29, 1.82) is 0 Å². The Morgan fingerprint density at radius 2 is 2.17 bits per heavy atom. The normalized spacial score (nSPS) is 17.6. The number of nitrogens with one attached hydrogen (secondary N) is 1. The lowest BCUT2D eigenvalue weighted by molar-refractivity contribution is -0.128. The van der Waals surface area contributed by atoms with Crippen LogP contribution < -0.4 is 11.1 Å². The Balaban J connectivity index is 1.66. The minimum absolute atomic E-state index is 0.00122. The van der Waals surface area contributed by atoms with E-state index >= 15 is 0 Å². The molecule has 1 fully saturated rings. The van der Waals surface area contributed by atoms with Crippen LogP contribution in [-0.4, -0.2) is 33.4 Å². The fraction of sp³-hybridized carbons (Fsp3) is 0.312. The Kier molecular flexibility index (Phi) is 4.34. The Bertz CT molecular complexity index is 716. The molecule has 7 heteroatoms. The van der Waals surface area contributed by atoms with Gasteiger partial charge in [-0.3, -0.25) is 4.79 Å². The van der Waals surface area contributed by atoms with E-state index in [4.69, 9.17) is 17.3 Å². The van der Waals surface area contributed by atoms with Crippen LogP contribution in [-0.2, 0) is 11.3 Å². The number of aromatic nitrogens is 2. The molecule has 1 aliphatic heterocycles. The Morgan fingerprint density at radius 3 is 2.91 bits per heavy atom. The third-order valence-corrected chi connectivity index (χ3v) is 4.13. The Hall–Kier alpha value is -2.34. The van der Waals surface area contributed by atoms with Crippen molar-refractivity contribution in [3.05, 3.63) is 46.6 Å². The number of carbonyl (C=O) groups is 1. The van der Waals surface area contributed by atoms with Crippen molar-refractivity contribution < 1.29 is 4.79 Å². The Morgan fingerprint density at radius 1 is 1.39 bits per heavy atom. The van der Waals surface area contributed by atoms with Gasteiger partial charge in [-0.2, -0.15) is 4.98 Å². The van der Waals surface area contributed by atoms with E-state index < -0.39 is 0 Å². The first-order valence-corrected chi connectivity index (χ1v) is 7.78. The van der Waals surface area contributed by atoms with E-state index in [1.165, 1.54) is 0 Å². The highest BCUT2D eigenvalue weighted by Gasteiger charge is 2.30. The van der Waals surface area contributed by atoms with E-state index in [9.17, 15) is 4.79 Å². The summed E-state index contributed by atoms with van der Waals surface area (Å²) in [4.78, 5) is 22.2. The highest BCUT2D eigenvalue weighted by Crippen LogP contribution is 2.22. The number of benzene rings is 1. The number of nitrogens with zero attached hydrogens (tertiary/aromatic N) is 3. The van der Waals surface area contributed by atoms with Gasteiger partial charge in [-0.15, -0.1) is 0 Å². The summed E-state index contributed by atoms with van der Waals surface area (Å²) in [6, 6.07) is 9.38. The van der Waals surface area contributed by atoms with Gasteiger partial charge in [0.2, 0.25) is 11.9 Å². The molecular weight excluding hydrogens is 314 g/mol. The molecule has 6 nitrogen and oxygen atoms in total. The minimum Gasteiger partial charge on any atom is -0.368 e. The Labute approximate surface area is 139 Å². The van der Waals surface area contributed by atoms with Crippen molar-refractivity contribution in [3.8, 4) is 0 Å². The summed E-state index contributed by atoms with van der Waals surface area (Å²) in [5.74, 6) is 0.971. The van der Waals surface area contributed by atoms with Crippen molar-refractivity contribution in [1.82, 2.24) is 14.9 Å². The number of nitrogen functional groups attached to an aromatic ring is 1. The molecule has 0 bridgehead atoms. The third kappa shape index (κ3) is 3.71. The molecule has 1 atom stereocenters. The molecule has 2 heterocycles. The largest absolute Gasteiger partial charge is 0.368 e. The molecule has 3 rings (SSSR count). The molecule has 1 aromatic carbocycles. The van der Waals surface area contributed by atoms with Gasteiger partial charge < -0.3 is 16.0 Å². The summed E-state index contributed by atoms with van der Waals surface area (Å²) in [6.07, 6.45) is 0.424. The second-order valence-corrected chi connectivity index (χ2v) is 6.07. The van der Waals surface area contributed by atoms with E-state index in [-0.39, 0.29) is 17.9 Å². The van der Waals surface area contributed by atoms with Crippen LogP contribution >= 0.6 is 11.6 Å². The third-order valence-electron chi connectivity index (χ3n) is 3.76. The second kappa shape index (κ2) is 6.42. The molecule has 3 N–H and O–H groups in total. The molecular formula is C16H18ClN5O. The van der Waals surface area contributed by atoms with E-state index in [2.05, 4.69) is 15.3 Å². The van der Waals surface area contributed by atoms with Gasteiger partial charge in [0.25, 0.3) is 0 Å². The zero-order chi connectivity index (χ0) is 16.4. The molecule has 0 radical (unpaired) electrons. The molecule has 1 aromatic heterocycles. The number of aryl methyl sites for hydroxylation is 1. The number of anilines is 2. The van der Waals surface area contributed by atoms with Gasteiger partial charge in [0.1, 0.15) is 5.82 Å². The fourth-order valence-corrected chi connectivity index (χ4v) is 2.92. The SMILES string of the molecule is Cc1cc(NC2CC(=O)N(Cc3ccccc3Cl)C2)nc(N)n1. The lowest BCUT2D eigenvalue weighted by Crippen LogP contribution is -2.28. The molecule has 0 saturated carbocycles. The van der Waals surface area contributed by atoms with Crippen LogP contribution in [0.5, 0.6) is 0 Å². The van der Waals surface area contributed by atoms with Crippen molar-refractivity contribution in [2.45, 2.75) is 25.9 Å². The molecule has 1 unspecified atom stereocenters. The van der Waals surface area contributed by atoms with Crippen molar-refractivity contribution in [3.63, 3.8) is 0 Å². The van der Waals surface area contributed by atoms with Crippen LogP contribution in [0, 0.1) is 6.92 Å². The van der Waals surface area contributed by atoms with Crippen LogP contribution in [0.3, 0.4) is 0 Å². The quantitative estimate of drug-likeness (QED) is 0.897. The van der Waals surface area contributed by atoms with E-state index in [1.807, 2.05) is 37.3 Å². The molecule has 1 aliphatic rings. The van der Waals surface area contributed by atoms with Gasteiger partial charge in [0.05, 0.1) is 6.04 Å². The van der Waals surface area contributed by atoms with Crippen molar-refractivity contribution in [2.75, 3.05) is 17.6 Å². The van der Waals surface area contributed by atoms with E-state index in [0.717, 1.165) is 11.3 Å². The minimum atomic E-state index is -0.00122. The standard InChI is InChI=1S/C16H18ClN5O/c1-10-6-14(21-16(18)19-10)20-12-7-15(23)22(9-12)8-11-4-2-3-5-13(11)17/h2-6,12H,7-9H2,1H3,(H3,18,19,20,21). The van der Waals surface area contributed by atoms with Gasteiger partial charge in [-0.25, -0.2) is 4.98 Å². The number of hydrogen-bond donors (Lipinski definition) is 2. The number of carbonyl (C=O) groups excluding carboxylic acids is 1. The van der Waals surface area contributed by atoms with Crippen LogP contribution in [0.15, 0.2) is 30.3 Å². The zero-order valence-corrected chi connectivity index (χ0v) is 13.5. The van der Waals surface area contributed by atoms with Crippen LogP contribution in [0.2, 0.25) is 5.02 Å². The monoisotopic (exact) mass is 331 g/mol. The predicted molar refractivity (Wildman–Crippen MR) is 90.1 cm³/mol. The van der Waals surface area contributed by atoms with Gasteiger partial charge in [-0.05, 0) is 18.6 Å². The number of rotatable bonds is 4. The maximum atomic E-state index is 12.2. The molecule has 23 heavy (non-hydrogen) atoms. The predicted octanol–water partition coefficient (Wildman–Crippen LogP) is 2.23. The van der Waals surface area contributed by atoms with Gasteiger partial charge in [0, 0.05) is 36.3 Å². The molecule has 2 aromatic rings. The average molecular weight is 332 g/mol. The number of hydrogen-bond acceptors (Lipinski definition) is 5. The number of halogens is 1. The first kappa shape index (κ1) is 15.6. The summed E-state index contributed by atoms with van der Waals surface area (Å²) >= 11 is 6.17. The van der Waals surface area contributed by atoms with E-state index in [1.54, 1.807) is 4.90 Å². The number of nitrogens with two attached hydrogens (primary N) is 1. The smallest absolute Gasteiger partial charge is 0.225 e. The zero-order valence-electron chi connectivity index (χ0n) is 12.8. The second-order valence-electron chi connectivity index (χ2n) is 5.66. The van der Waals surface area contributed by atoms with E-state index in [0.29, 0.717) is 30.4 Å². The summed E-state index contributed by atoms with van der Waals surface area (Å²) in [5.41, 5.74) is 7.39. The average Bonchev–Trinajstić information content (AvgIpc) is 2.80. The lowest BCUT2D eigenvalue weighted by atomic mass is 10.2. The summed E-state index contributed by atoms with van der Waals surface area (Å²) in [6.45, 7) is 2.97. The lowest BCUT2D eigenvalue weighted by Gasteiger charge is -2.18. The fourth-order valence-electron chi connectivity index (χ4n) is 2.73. The maximum Gasteiger partial charge on any atom is 0.225 e. The van der Waals surface area contributed by atoms with Crippen molar-refractivity contribution in [2.24, 2.45) is 0 Å². The molecule has 0 spiro atoms. The maximum absolute atomic E-state index is 12.2. The summed E-state index contributed by atoms with van der Waals surface area (Å²) in [5, 5.41) is 3.93. The molecule has 1 amide bonds. The summed E-state index contributed by atoms with van der Waals surface area (Å²) in [7, 11) is 0. The highest BCUT2D eigenvalue weighted by atomic mass is 35.5. The van der Waals surface area contributed by atoms with Gasteiger partial charge in [0.15, 0.2) is 0 Å². The van der Waals surface area contributed by atoms with Crippen LogP contribution in [0.25, 0.3) is 0 Å². The molecule has 0 aliphatic carbocycles. The topological polar surface area (TPSA) is 84.1 Å². The highest BCUT2D eigenvalue weighted by molar-refractivity contribution is 6.31. The number of amides is 1. The van der Waals surface area contributed by atoms with Gasteiger partial charge in [-0.1, -0.05) is 29.8 Å². The van der Waals surface area contributed by atoms with Crippen molar-refractivity contribution >= 4 is 29.3 Å². The van der Waals surface area contributed by atoms with Gasteiger partial charge >= 0.3 is 0 Å². The van der Waals surface area contributed by atoms with Crippen LogP contribution in [0.1, 0.15) is 17.7 Å². The number of likely N-dealkylation sites (tertiary alicyclic amines) is 1. The summed E-state index contributed by atoms with van der Waals surface area (Å²) < 4.78 is 0. The first-order chi connectivity index (χ1) is 11.0. The first-order valence-electron chi connectivity index (χ1n) is 7.40.